The van der Waals surface area contributed by atoms with Crippen molar-refractivity contribution in [3.63, 3.8) is 0 Å². The van der Waals surface area contributed by atoms with E-state index in [0.717, 1.165) is 24.2 Å². The number of esters is 1. The lowest BCUT2D eigenvalue weighted by Gasteiger charge is -2.15. The number of rotatable bonds is 6. The van der Waals surface area contributed by atoms with Crippen LogP contribution in [0.15, 0.2) is 30.5 Å². The first-order valence-electron chi connectivity index (χ1n) is 8.41. The fourth-order valence-electron chi connectivity index (χ4n) is 2.78. The number of benzene rings is 1. The average molecular weight is 397 g/mol. The molecule has 0 bridgehead atoms. The normalized spacial score (nSPS) is 18.4. The highest BCUT2D eigenvalue weighted by atomic mass is 19.4. The first-order valence-corrected chi connectivity index (χ1v) is 8.41. The molecule has 2 atom stereocenters. The van der Waals surface area contributed by atoms with Gasteiger partial charge in [0.2, 0.25) is 0 Å². The number of aromatic nitrogens is 1. The second-order valence-electron chi connectivity index (χ2n) is 6.38. The maximum absolute atomic E-state index is 12.4. The number of nitrogens with zero attached hydrogens (tertiary/aromatic N) is 1. The summed E-state index contributed by atoms with van der Waals surface area (Å²) in [5.74, 6) is -0.0326. The van der Waals surface area contributed by atoms with Gasteiger partial charge in [0.25, 0.3) is 0 Å². The van der Waals surface area contributed by atoms with Gasteiger partial charge in [-0.1, -0.05) is 6.92 Å². The van der Waals surface area contributed by atoms with E-state index in [0.29, 0.717) is 5.92 Å². The lowest BCUT2D eigenvalue weighted by Crippen LogP contribution is -2.17. The minimum absolute atomic E-state index is 0.00992. The van der Waals surface area contributed by atoms with Crippen LogP contribution < -0.4 is 14.2 Å². The van der Waals surface area contributed by atoms with E-state index in [1.807, 2.05) is 0 Å². The van der Waals surface area contributed by atoms with Gasteiger partial charge in [0.05, 0.1) is 14.2 Å². The van der Waals surface area contributed by atoms with Crippen LogP contribution in [0.4, 0.5) is 13.2 Å². The summed E-state index contributed by atoms with van der Waals surface area (Å²) in [5, 5.41) is 0. The molecule has 0 N–H and O–H groups in total. The maximum atomic E-state index is 12.4. The molecule has 0 saturated heterocycles. The lowest BCUT2D eigenvalue weighted by atomic mass is 10.1. The number of carbonyl (C=O) groups excluding carboxylic acids is 1. The van der Waals surface area contributed by atoms with Gasteiger partial charge in [0.1, 0.15) is 17.1 Å². The standard InChI is InChI=1S/C19H18F3NO5/c1-10-6-12(10)14-8-16(13(9-23-14)18(24)26-3)27-15-5-4-11(7-17(15)25-2)28-19(20,21)22/h4-5,7-10,12H,6H2,1-3H3. The fourth-order valence-corrected chi connectivity index (χ4v) is 2.78. The Bertz CT molecular complexity index is 884. The molecule has 2 aromatic rings. The molecule has 28 heavy (non-hydrogen) atoms. The van der Waals surface area contributed by atoms with Crippen molar-refractivity contribution in [2.45, 2.75) is 25.6 Å². The van der Waals surface area contributed by atoms with Crippen LogP contribution in [0.25, 0.3) is 0 Å². The summed E-state index contributed by atoms with van der Waals surface area (Å²) in [4.78, 5) is 16.3. The summed E-state index contributed by atoms with van der Waals surface area (Å²) in [6.45, 7) is 2.09. The van der Waals surface area contributed by atoms with Crippen LogP contribution in [0.5, 0.6) is 23.0 Å². The molecular weight excluding hydrogens is 379 g/mol. The third kappa shape index (κ3) is 4.47. The lowest BCUT2D eigenvalue weighted by molar-refractivity contribution is -0.274. The molecular formula is C19H18F3NO5. The Kier molecular flexibility index (Phi) is 5.35. The predicted octanol–water partition coefficient (Wildman–Crippen LogP) is 4.69. The molecule has 9 heteroatoms. The summed E-state index contributed by atoms with van der Waals surface area (Å²) >= 11 is 0. The third-order valence-corrected chi connectivity index (χ3v) is 4.37. The van der Waals surface area contributed by atoms with Crippen LogP contribution in [-0.2, 0) is 4.74 Å². The van der Waals surface area contributed by atoms with E-state index in [2.05, 4.69) is 16.6 Å². The zero-order valence-electron chi connectivity index (χ0n) is 15.4. The van der Waals surface area contributed by atoms with Crippen LogP contribution >= 0.6 is 0 Å². The quantitative estimate of drug-likeness (QED) is 0.659. The molecule has 1 aromatic heterocycles. The Balaban J connectivity index is 1.94. The minimum Gasteiger partial charge on any atom is -0.493 e. The molecule has 0 aliphatic heterocycles. The van der Waals surface area contributed by atoms with Crippen LogP contribution in [0.3, 0.4) is 0 Å². The predicted molar refractivity (Wildman–Crippen MR) is 91.8 cm³/mol. The summed E-state index contributed by atoms with van der Waals surface area (Å²) in [6, 6.07) is 5.04. The SMILES string of the molecule is COC(=O)c1cnc(C2CC2C)cc1Oc1ccc(OC(F)(F)F)cc1OC. The topological polar surface area (TPSA) is 66.9 Å². The van der Waals surface area contributed by atoms with E-state index < -0.39 is 18.1 Å². The van der Waals surface area contributed by atoms with Crippen LogP contribution in [0, 0.1) is 5.92 Å². The van der Waals surface area contributed by atoms with Crippen molar-refractivity contribution in [1.29, 1.82) is 0 Å². The summed E-state index contributed by atoms with van der Waals surface area (Å²) in [6.07, 6.45) is -2.47. The molecule has 0 radical (unpaired) electrons. The highest BCUT2D eigenvalue weighted by Crippen LogP contribution is 2.47. The van der Waals surface area contributed by atoms with E-state index in [4.69, 9.17) is 14.2 Å². The molecule has 1 heterocycles. The number of methoxy groups -OCH3 is 2. The summed E-state index contributed by atoms with van der Waals surface area (Å²) in [5.41, 5.74) is 0.864. The molecule has 0 amide bonds. The molecule has 150 valence electrons. The first-order chi connectivity index (χ1) is 13.2. The third-order valence-electron chi connectivity index (χ3n) is 4.37. The van der Waals surface area contributed by atoms with Gasteiger partial charge in [-0.2, -0.15) is 0 Å². The highest BCUT2D eigenvalue weighted by molar-refractivity contribution is 5.92. The minimum atomic E-state index is -4.83. The number of ether oxygens (including phenoxy) is 4. The molecule has 3 rings (SSSR count). The summed E-state index contributed by atoms with van der Waals surface area (Å²) < 4.78 is 56.8. The van der Waals surface area contributed by atoms with Crippen molar-refractivity contribution >= 4 is 5.97 Å². The van der Waals surface area contributed by atoms with Crippen molar-refractivity contribution < 1.29 is 36.9 Å². The molecule has 1 saturated carbocycles. The number of carbonyl (C=O) groups is 1. The molecule has 1 aromatic carbocycles. The second-order valence-corrected chi connectivity index (χ2v) is 6.38. The Hall–Kier alpha value is -2.97. The van der Waals surface area contributed by atoms with Gasteiger partial charge in [-0.05, 0) is 24.5 Å². The number of hydrogen-bond acceptors (Lipinski definition) is 6. The summed E-state index contributed by atoms with van der Waals surface area (Å²) in [7, 11) is 2.51. The van der Waals surface area contributed by atoms with Gasteiger partial charge in [0.15, 0.2) is 11.5 Å². The number of halogens is 3. The van der Waals surface area contributed by atoms with Crippen molar-refractivity contribution in [2.75, 3.05) is 14.2 Å². The molecule has 1 aliphatic rings. The van der Waals surface area contributed by atoms with Crippen LogP contribution in [-0.4, -0.2) is 31.5 Å². The van der Waals surface area contributed by atoms with Gasteiger partial charge in [-0.25, -0.2) is 4.79 Å². The van der Waals surface area contributed by atoms with E-state index in [1.165, 1.54) is 26.5 Å². The molecule has 2 unspecified atom stereocenters. The van der Waals surface area contributed by atoms with Gasteiger partial charge in [-0.3, -0.25) is 4.98 Å². The maximum Gasteiger partial charge on any atom is 0.573 e. The average Bonchev–Trinajstić information content (AvgIpc) is 3.37. The monoisotopic (exact) mass is 397 g/mol. The smallest absolute Gasteiger partial charge is 0.493 e. The molecule has 6 nitrogen and oxygen atoms in total. The van der Waals surface area contributed by atoms with Crippen LogP contribution in [0.2, 0.25) is 0 Å². The van der Waals surface area contributed by atoms with E-state index in [9.17, 15) is 18.0 Å². The van der Waals surface area contributed by atoms with E-state index >= 15 is 0 Å². The zero-order valence-corrected chi connectivity index (χ0v) is 15.4. The van der Waals surface area contributed by atoms with Gasteiger partial charge in [0, 0.05) is 29.9 Å². The number of pyridine rings is 1. The van der Waals surface area contributed by atoms with Crippen molar-refractivity contribution in [1.82, 2.24) is 4.98 Å². The molecule has 0 spiro atoms. The Morgan fingerprint density at radius 2 is 1.86 bits per heavy atom. The van der Waals surface area contributed by atoms with E-state index in [1.54, 1.807) is 6.07 Å². The Morgan fingerprint density at radius 3 is 2.43 bits per heavy atom. The van der Waals surface area contributed by atoms with Gasteiger partial charge < -0.3 is 18.9 Å². The van der Waals surface area contributed by atoms with Crippen molar-refractivity contribution in [3.8, 4) is 23.0 Å². The number of alkyl halides is 3. The van der Waals surface area contributed by atoms with E-state index in [-0.39, 0.29) is 28.7 Å². The molecule has 1 fully saturated rings. The van der Waals surface area contributed by atoms with Gasteiger partial charge >= 0.3 is 12.3 Å². The first kappa shape index (κ1) is 19.8. The molecule has 1 aliphatic carbocycles. The fraction of sp³-hybridized carbons (Fsp3) is 0.368. The highest BCUT2D eigenvalue weighted by Gasteiger charge is 2.36. The largest absolute Gasteiger partial charge is 0.573 e. The van der Waals surface area contributed by atoms with Crippen LogP contribution in [0.1, 0.15) is 35.3 Å². The zero-order chi connectivity index (χ0) is 20.5. The van der Waals surface area contributed by atoms with Crippen molar-refractivity contribution in [2.24, 2.45) is 5.92 Å². The van der Waals surface area contributed by atoms with Crippen molar-refractivity contribution in [3.05, 3.63) is 41.7 Å². The Labute approximate surface area is 159 Å². The number of hydrogen-bond donors (Lipinski definition) is 0. The Morgan fingerprint density at radius 1 is 1.14 bits per heavy atom. The van der Waals surface area contributed by atoms with Gasteiger partial charge in [-0.15, -0.1) is 13.2 Å². The second kappa shape index (κ2) is 7.57.